The number of pyridine rings is 1. The number of rotatable bonds is 2. The maximum absolute atomic E-state index is 11.4. The Morgan fingerprint density at radius 1 is 1.25 bits per heavy atom. The molecule has 0 fully saturated rings. The van der Waals surface area contributed by atoms with Crippen LogP contribution in [-0.2, 0) is 5.41 Å². The third kappa shape index (κ3) is 2.52. The van der Waals surface area contributed by atoms with E-state index < -0.39 is 4.92 Å². The van der Waals surface area contributed by atoms with Gasteiger partial charge in [0, 0.05) is 28.1 Å². The first-order valence-electron chi connectivity index (χ1n) is 6.31. The number of aromatic nitrogens is 1. The Morgan fingerprint density at radius 2 is 1.90 bits per heavy atom. The summed E-state index contributed by atoms with van der Waals surface area (Å²) in [5, 5.41) is 11.8. The molecule has 1 aromatic carbocycles. The van der Waals surface area contributed by atoms with Crippen molar-refractivity contribution >= 4 is 22.4 Å². The number of hydrogen-bond acceptors (Lipinski definition) is 4. The molecule has 0 saturated carbocycles. The average Bonchev–Trinajstić information content (AvgIpc) is 2.35. The monoisotopic (exact) mass is 272 g/mol. The summed E-state index contributed by atoms with van der Waals surface area (Å²) in [4.78, 5) is 26.6. The third-order valence-corrected chi connectivity index (χ3v) is 3.14. The second-order valence-electron chi connectivity index (χ2n) is 5.83. The lowest BCUT2D eigenvalue weighted by Crippen LogP contribution is -2.13. The lowest BCUT2D eigenvalue weighted by Gasteiger charge is -2.18. The van der Waals surface area contributed by atoms with Gasteiger partial charge in [-0.25, -0.2) is 4.98 Å². The van der Waals surface area contributed by atoms with Crippen LogP contribution in [0.3, 0.4) is 0 Å². The fraction of sp³-hybridized carbons (Fsp3) is 0.333. The van der Waals surface area contributed by atoms with E-state index >= 15 is 0 Å². The second-order valence-corrected chi connectivity index (χ2v) is 5.83. The molecule has 0 saturated heterocycles. The molecule has 0 aliphatic rings. The maximum atomic E-state index is 11.4. The van der Waals surface area contributed by atoms with Gasteiger partial charge in [0.1, 0.15) is 5.52 Å². The highest BCUT2D eigenvalue weighted by molar-refractivity contribution is 6.00. The zero-order valence-corrected chi connectivity index (χ0v) is 11.9. The Hall–Kier alpha value is -2.30. The molecule has 0 spiro atoms. The Kier molecular flexibility index (Phi) is 3.29. The van der Waals surface area contributed by atoms with Gasteiger partial charge in [-0.15, -0.1) is 0 Å². The highest BCUT2D eigenvalue weighted by atomic mass is 16.6. The molecule has 104 valence electrons. The first kappa shape index (κ1) is 14.1. The fourth-order valence-corrected chi connectivity index (χ4v) is 1.98. The highest BCUT2D eigenvalue weighted by Gasteiger charge is 2.21. The lowest BCUT2D eigenvalue weighted by molar-refractivity contribution is -0.383. The van der Waals surface area contributed by atoms with Crippen LogP contribution in [0.2, 0.25) is 0 Å². The van der Waals surface area contributed by atoms with Gasteiger partial charge in [0.2, 0.25) is 0 Å². The summed E-state index contributed by atoms with van der Waals surface area (Å²) in [5.74, 6) is -0.199. The number of nitro benzene ring substituents is 1. The number of Topliss-reactive ketones (excluding diaryl/α,β-unsaturated/α-hetero) is 1. The largest absolute Gasteiger partial charge is 0.296 e. The molecule has 5 heteroatoms. The molecule has 0 amide bonds. The number of non-ortho nitro benzene ring substituents is 1. The summed E-state index contributed by atoms with van der Waals surface area (Å²) in [7, 11) is 0. The van der Waals surface area contributed by atoms with E-state index in [9.17, 15) is 14.9 Å². The summed E-state index contributed by atoms with van der Waals surface area (Å²) in [6.45, 7) is 7.38. The second kappa shape index (κ2) is 4.67. The van der Waals surface area contributed by atoms with E-state index in [1.165, 1.54) is 13.0 Å². The van der Waals surface area contributed by atoms with Crippen LogP contribution in [0, 0.1) is 10.1 Å². The minimum Gasteiger partial charge on any atom is -0.295 e. The van der Waals surface area contributed by atoms with E-state index in [1.54, 1.807) is 12.1 Å². The van der Waals surface area contributed by atoms with Crippen LogP contribution < -0.4 is 0 Å². The topological polar surface area (TPSA) is 73.1 Å². The van der Waals surface area contributed by atoms with Crippen molar-refractivity contribution < 1.29 is 9.72 Å². The molecule has 0 N–H and O–H groups in total. The number of nitro groups is 1. The van der Waals surface area contributed by atoms with E-state index in [-0.39, 0.29) is 16.9 Å². The van der Waals surface area contributed by atoms with Crippen molar-refractivity contribution in [3.8, 4) is 0 Å². The minimum atomic E-state index is -0.492. The Bertz CT molecular complexity index is 715. The van der Waals surface area contributed by atoms with Crippen LogP contribution in [0.15, 0.2) is 24.3 Å². The van der Waals surface area contributed by atoms with Crippen molar-refractivity contribution in [2.24, 2.45) is 0 Å². The molecule has 0 atom stereocenters. The lowest BCUT2D eigenvalue weighted by atomic mass is 9.91. The summed E-state index contributed by atoms with van der Waals surface area (Å²) >= 11 is 0. The zero-order chi connectivity index (χ0) is 15.1. The van der Waals surface area contributed by atoms with Gasteiger partial charge in [-0.1, -0.05) is 26.8 Å². The molecule has 0 radical (unpaired) electrons. The fourth-order valence-electron chi connectivity index (χ4n) is 1.98. The summed E-state index contributed by atoms with van der Waals surface area (Å²) < 4.78 is 0. The molecule has 2 aromatic rings. The van der Waals surface area contributed by atoms with Gasteiger partial charge in [-0.2, -0.15) is 0 Å². The molecule has 0 bridgehead atoms. The van der Waals surface area contributed by atoms with E-state index in [0.29, 0.717) is 16.5 Å². The molecule has 0 aliphatic carbocycles. The van der Waals surface area contributed by atoms with Crippen molar-refractivity contribution in [2.75, 3.05) is 0 Å². The number of carbonyl (C=O) groups is 1. The predicted molar refractivity (Wildman–Crippen MR) is 77.1 cm³/mol. The number of ketones is 1. The molecular formula is C15H16N2O3. The molecule has 2 rings (SSSR count). The van der Waals surface area contributed by atoms with Crippen molar-refractivity contribution in [1.82, 2.24) is 4.98 Å². The number of nitrogens with zero attached hydrogens (tertiary/aromatic N) is 2. The Balaban J connectivity index is 2.81. The van der Waals surface area contributed by atoms with Gasteiger partial charge < -0.3 is 0 Å². The van der Waals surface area contributed by atoms with E-state index in [2.05, 4.69) is 4.98 Å². The van der Waals surface area contributed by atoms with Crippen molar-refractivity contribution in [3.05, 3.63) is 45.6 Å². The minimum absolute atomic E-state index is 0.126. The number of benzene rings is 1. The molecule has 0 aliphatic heterocycles. The van der Waals surface area contributed by atoms with Crippen LogP contribution in [0.25, 0.3) is 10.9 Å². The van der Waals surface area contributed by atoms with Crippen LogP contribution in [-0.4, -0.2) is 15.7 Å². The number of fused-ring (bicyclic) bond motifs is 1. The van der Waals surface area contributed by atoms with Gasteiger partial charge in [0.15, 0.2) is 5.78 Å². The normalized spacial score (nSPS) is 11.6. The van der Waals surface area contributed by atoms with Crippen molar-refractivity contribution in [1.29, 1.82) is 0 Å². The first-order chi connectivity index (χ1) is 9.20. The molecule has 1 heterocycles. The highest BCUT2D eigenvalue weighted by Crippen LogP contribution is 2.29. The SMILES string of the molecule is CC(=O)c1cc([N+](=O)[O-])c2nc(C(C)(C)C)ccc2c1. The molecular weight excluding hydrogens is 256 g/mol. The first-order valence-corrected chi connectivity index (χ1v) is 6.31. The summed E-state index contributed by atoms with van der Waals surface area (Å²) in [6, 6.07) is 6.56. The van der Waals surface area contributed by atoms with E-state index in [0.717, 1.165) is 5.69 Å². The van der Waals surface area contributed by atoms with Crippen LogP contribution in [0.5, 0.6) is 0 Å². The Morgan fingerprint density at radius 3 is 2.40 bits per heavy atom. The average molecular weight is 272 g/mol. The van der Waals surface area contributed by atoms with E-state index in [4.69, 9.17) is 0 Å². The molecule has 20 heavy (non-hydrogen) atoms. The van der Waals surface area contributed by atoms with Gasteiger partial charge in [-0.3, -0.25) is 14.9 Å². The summed E-state index contributed by atoms with van der Waals surface area (Å²) in [6.07, 6.45) is 0. The third-order valence-electron chi connectivity index (χ3n) is 3.14. The quantitative estimate of drug-likeness (QED) is 0.475. The molecule has 5 nitrogen and oxygen atoms in total. The van der Waals surface area contributed by atoms with Crippen molar-refractivity contribution in [2.45, 2.75) is 33.1 Å². The smallest absolute Gasteiger partial charge is 0.295 e. The summed E-state index contributed by atoms with van der Waals surface area (Å²) in [5.41, 5.74) is 1.12. The van der Waals surface area contributed by atoms with Gasteiger partial charge in [0.05, 0.1) is 4.92 Å². The van der Waals surface area contributed by atoms with Crippen LogP contribution in [0.4, 0.5) is 5.69 Å². The zero-order valence-electron chi connectivity index (χ0n) is 11.9. The van der Waals surface area contributed by atoms with Crippen molar-refractivity contribution in [3.63, 3.8) is 0 Å². The molecule has 1 aromatic heterocycles. The van der Waals surface area contributed by atoms with Gasteiger partial charge in [-0.05, 0) is 19.1 Å². The van der Waals surface area contributed by atoms with Gasteiger partial charge >= 0.3 is 0 Å². The predicted octanol–water partition coefficient (Wildman–Crippen LogP) is 3.64. The van der Waals surface area contributed by atoms with Crippen LogP contribution >= 0.6 is 0 Å². The maximum Gasteiger partial charge on any atom is 0.296 e. The van der Waals surface area contributed by atoms with E-state index in [1.807, 2.05) is 26.8 Å². The standard InChI is InChI=1S/C15H16N2O3/c1-9(18)11-7-10-5-6-13(15(2,3)4)16-14(10)12(8-11)17(19)20/h5-8H,1-4H3. The number of hydrogen-bond donors (Lipinski definition) is 0. The van der Waals surface area contributed by atoms with Gasteiger partial charge in [0.25, 0.3) is 5.69 Å². The van der Waals surface area contributed by atoms with Crippen LogP contribution in [0.1, 0.15) is 43.7 Å². The number of carbonyl (C=O) groups excluding carboxylic acids is 1. The molecule has 0 unspecified atom stereocenters. The Labute approximate surface area is 116 Å².